The van der Waals surface area contributed by atoms with Crippen LogP contribution in [0.1, 0.15) is 25.7 Å². The minimum absolute atomic E-state index is 0.389. The predicted molar refractivity (Wildman–Crippen MR) is 47.8 cm³/mol. The van der Waals surface area contributed by atoms with Gasteiger partial charge in [0.2, 0.25) is 5.78 Å². The molecular weight excluding hydrogens is 184 g/mol. The Morgan fingerprint density at radius 2 is 1.86 bits per heavy atom. The third kappa shape index (κ3) is 2.26. The molecule has 0 aromatic heterocycles. The van der Waals surface area contributed by atoms with Crippen molar-refractivity contribution >= 4 is 18.0 Å². The second kappa shape index (κ2) is 4.67. The number of hydrogen-bond donors (Lipinski definition) is 1. The Kier molecular flexibility index (Phi) is 3.54. The molecule has 0 radical (unpaired) electrons. The van der Waals surface area contributed by atoms with Crippen LogP contribution < -0.4 is 0 Å². The number of carboxylic acids is 1. The Morgan fingerprint density at radius 1 is 1.29 bits per heavy atom. The summed E-state index contributed by atoms with van der Waals surface area (Å²) < 4.78 is 0. The van der Waals surface area contributed by atoms with Crippen LogP contribution in [0.3, 0.4) is 0 Å². The van der Waals surface area contributed by atoms with Gasteiger partial charge in [0.25, 0.3) is 0 Å². The van der Waals surface area contributed by atoms with Gasteiger partial charge in [-0.2, -0.15) is 4.79 Å². The third-order valence-corrected chi connectivity index (χ3v) is 2.63. The lowest BCUT2D eigenvalue weighted by Gasteiger charge is -2.24. The lowest BCUT2D eigenvalue weighted by Crippen LogP contribution is -2.33. The molecule has 2 atom stereocenters. The van der Waals surface area contributed by atoms with E-state index in [-0.39, 0.29) is 5.78 Å². The summed E-state index contributed by atoms with van der Waals surface area (Å²) in [4.78, 5) is 24.8. The molecule has 0 spiro atoms. The molecule has 0 aromatic carbocycles. The van der Waals surface area contributed by atoms with Crippen LogP contribution in [0.5, 0.6) is 0 Å². The molecule has 0 amide bonds. The van der Waals surface area contributed by atoms with Crippen molar-refractivity contribution in [3.8, 4) is 0 Å². The Bertz CT molecular complexity index is 294. The zero-order valence-electron chi connectivity index (χ0n) is 7.72. The number of hydrogen-bond acceptors (Lipinski definition) is 2. The van der Waals surface area contributed by atoms with Crippen LogP contribution >= 0.6 is 0 Å². The van der Waals surface area contributed by atoms with Crippen molar-refractivity contribution < 1.29 is 19.5 Å². The number of carboxylic acid groups (broad SMARTS) is 1. The first kappa shape index (κ1) is 10.6. The summed E-state index contributed by atoms with van der Waals surface area (Å²) >= 11 is 0. The van der Waals surface area contributed by atoms with E-state index in [1.165, 1.54) is 0 Å². The first-order valence-electron chi connectivity index (χ1n) is 4.61. The van der Waals surface area contributed by atoms with Gasteiger partial charge in [0.1, 0.15) is 0 Å². The molecule has 2 unspecified atom stereocenters. The molecule has 1 aliphatic carbocycles. The summed E-state index contributed by atoms with van der Waals surface area (Å²) in [6.45, 7) is 0. The molecule has 1 N–H and O–H groups in total. The van der Waals surface area contributed by atoms with Crippen LogP contribution in [0.15, 0.2) is 0 Å². The highest BCUT2D eigenvalue weighted by atomic mass is 16.4. The van der Waals surface area contributed by atoms with E-state index in [0.29, 0.717) is 12.8 Å². The number of aliphatic carboxylic acids is 1. The fraction of sp³-hybridized carbons (Fsp3) is 0.667. The molecule has 1 fully saturated rings. The number of carbonyl (C=O) groups is 2. The van der Waals surface area contributed by atoms with E-state index in [4.69, 9.17) is 10.6 Å². The monoisotopic (exact) mass is 196 g/mol. The summed E-state index contributed by atoms with van der Waals surface area (Å²) in [5.74, 6) is -2.46. The fourth-order valence-electron chi connectivity index (χ4n) is 1.92. The van der Waals surface area contributed by atoms with Crippen LogP contribution in [0.4, 0.5) is 0 Å². The van der Waals surface area contributed by atoms with Gasteiger partial charge in [0.05, 0.1) is 5.92 Å². The van der Waals surface area contributed by atoms with Gasteiger partial charge in [0, 0.05) is 5.92 Å². The van der Waals surface area contributed by atoms with Crippen molar-refractivity contribution in [2.75, 3.05) is 0 Å². The molecule has 76 valence electrons. The van der Waals surface area contributed by atoms with Crippen LogP contribution in [-0.4, -0.2) is 27.9 Å². The van der Waals surface area contributed by atoms with Crippen molar-refractivity contribution in [1.29, 1.82) is 0 Å². The highest BCUT2D eigenvalue weighted by Crippen LogP contribution is 2.30. The van der Waals surface area contributed by atoms with Crippen molar-refractivity contribution in [3.63, 3.8) is 0 Å². The second-order valence-electron chi connectivity index (χ2n) is 3.48. The zero-order chi connectivity index (χ0) is 10.6. The van der Waals surface area contributed by atoms with Crippen LogP contribution in [0.25, 0.3) is 5.53 Å². The quantitative estimate of drug-likeness (QED) is 0.410. The van der Waals surface area contributed by atoms with E-state index >= 15 is 0 Å². The minimum Gasteiger partial charge on any atom is -0.481 e. The van der Waals surface area contributed by atoms with E-state index in [9.17, 15) is 9.59 Å². The molecule has 14 heavy (non-hydrogen) atoms. The minimum atomic E-state index is -0.936. The second-order valence-corrected chi connectivity index (χ2v) is 3.48. The highest BCUT2D eigenvalue weighted by molar-refractivity contribution is 6.26. The normalized spacial score (nSPS) is 26.3. The predicted octanol–water partition coefficient (Wildman–Crippen LogP) is 0.747. The summed E-state index contributed by atoms with van der Waals surface area (Å²) in [6, 6.07) is 0. The Hall–Kier alpha value is -1.48. The Labute approximate surface area is 81.4 Å². The zero-order valence-corrected chi connectivity index (χ0v) is 7.72. The third-order valence-electron chi connectivity index (χ3n) is 2.63. The molecule has 1 aliphatic rings. The summed E-state index contributed by atoms with van der Waals surface area (Å²) in [7, 11) is 0. The number of carbonyl (C=O) groups excluding carboxylic acids is 1. The lowest BCUT2D eigenvalue weighted by atomic mass is 9.77. The van der Waals surface area contributed by atoms with Gasteiger partial charge in [-0.05, 0) is 12.8 Å². The van der Waals surface area contributed by atoms with Gasteiger partial charge in [0.15, 0.2) is 0 Å². The summed E-state index contributed by atoms with van der Waals surface area (Å²) in [5.41, 5.74) is 8.19. The average molecular weight is 196 g/mol. The molecule has 5 nitrogen and oxygen atoms in total. The maximum Gasteiger partial charge on any atom is 0.323 e. The standard InChI is InChI=1S/C9H12N2O3/c10-11-5-8(12)6-3-1-2-4-7(6)9(13)14/h5-7H,1-4H2,(H,13,14). The highest BCUT2D eigenvalue weighted by Gasteiger charge is 2.36. The lowest BCUT2D eigenvalue weighted by molar-refractivity contribution is -0.147. The van der Waals surface area contributed by atoms with E-state index in [1.54, 1.807) is 0 Å². The molecule has 0 aliphatic heterocycles. The average Bonchev–Trinajstić information content (AvgIpc) is 2.18. The van der Waals surface area contributed by atoms with Crippen LogP contribution in [0, 0.1) is 11.8 Å². The van der Waals surface area contributed by atoms with Gasteiger partial charge in [-0.3, -0.25) is 9.59 Å². The van der Waals surface area contributed by atoms with Gasteiger partial charge in [-0.25, -0.2) is 0 Å². The Morgan fingerprint density at radius 3 is 2.36 bits per heavy atom. The topological polar surface area (TPSA) is 90.8 Å². The van der Waals surface area contributed by atoms with Gasteiger partial charge >= 0.3 is 12.2 Å². The maximum absolute atomic E-state index is 11.3. The molecule has 1 rings (SSSR count). The number of ketones is 1. The van der Waals surface area contributed by atoms with Crippen molar-refractivity contribution in [1.82, 2.24) is 0 Å². The van der Waals surface area contributed by atoms with E-state index in [0.717, 1.165) is 19.1 Å². The molecule has 0 saturated heterocycles. The fourth-order valence-corrected chi connectivity index (χ4v) is 1.92. The Balaban J connectivity index is 2.76. The number of nitrogens with zero attached hydrogens (tertiary/aromatic N) is 2. The first-order chi connectivity index (χ1) is 6.66. The first-order valence-corrected chi connectivity index (χ1v) is 4.61. The van der Waals surface area contributed by atoms with E-state index in [2.05, 4.69) is 4.79 Å². The van der Waals surface area contributed by atoms with Crippen LogP contribution in [0.2, 0.25) is 0 Å². The summed E-state index contributed by atoms with van der Waals surface area (Å²) in [6.07, 6.45) is 3.61. The number of Topliss-reactive ketones (excluding diaryl/α,β-unsaturated/α-hetero) is 1. The molecule has 1 saturated carbocycles. The molecule has 5 heteroatoms. The van der Waals surface area contributed by atoms with Gasteiger partial charge in [-0.1, -0.05) is 12.8 Å². The van der Waals surface area contributed by atoms with Crippen molar-refractivity contribution in [2.45, 2.75) is 25.7 Å². The van der Waals surface area contributed by atoms with E-state index < -0.39 is 17.8 Å². The van der Waals surface area contributed by atoms with E-state index in [1.807, 2.05) is 0 Å². The largest absolute Gasteiger partial charge is 0.481 e. The molecular formula is C9H12N2O3. The SMILES string of the molecule is [N-]=[N+]=CC(=O)C1CCCCC1C(=O)O. The van der Waals surface area contributed by atoms with Crippen molar-refractivity contribution in [3.05, 3.63) is 5.53 Å². The smallest absolute Gasteiger partial charge is 0.323 e. The van der Waals surface area contributed by atoms with Crippen molar-refractivity contribution in [2.24, 2.45) is 11.8 Å². The summed E-state index contributed by atoms with van der Waals surface area (Å²) in [5, 5.41) is 8.87. The maximum atomic E-state index is 11.3. The van der Waals surface area contributed by atoms with Gasteiger partial charge < -0.3 is 10.6 Å². The molecule has 0 aromatic rings. The van der Waals surface area contributed by atoms with Crippen LogP contribution in [-0.2, 0) is 9.59 Å². The molecule has 0 bridgehead atoms. The molecule has 0 heterocycles. The van der Waals surface area contributed by atoms with Gasteiger partial charge in [-0.15, -0.1) is 0 Å². The number of rotatable bonds is 3.